The van der Waals surface area contributed by atoms with Gasteiger partial charge in [-0.2, -0.15) is 4.31 Å². The van der Waals surface area contributed by atoms with Gasteiger partial charge in [-0.1, -0.05) is 6.07 Å². The molecule has 0 aliphatic carbocycles. The fourth-order valence-electron chi connectivity index (χ4n) is 3.57. The number of aryl methyl sites for hydroxylation is 1. The van der Waals surface area contributed by atoms with E-state index in [0.29, 0.717) is 42.4 Å². The Morgan fingerprint density at radius 1 is 1.12 bits per heavy atom. The van der Waals surface area contributed by atoms with Gasteiger partial charge in [0, 0.05) is 43.9 Å². The second-order valence-electron chi connectivity index (χ2n) is 7.51. The summed E-state index contributed by atoms with van der Waals surface area (Å²) in [6, 6.07) is 9.77. The number of sulfonamides is 1. The molecule has 3 aromatic rings. The van der Waals surface area contributed by atoms with Crippen molar-refractivity contribution in [3.8, 4) is 11.3 Å². The van der Waals surface area contributed by atoms with E-state index < -0.39 is 14.9 Å². The second kappa shape index (κ2) is 8.77. The third-order valence-corrected chi connectivity index (χ3v) is 7.41. The summed E-state index contributed by atoms with van der Waals surface area (Å²) in [5.41, 5.74) is 0.924. The molecular formula is C21H21FN4O5S. The highest BCUT2D eigenvalue weighted by molar-refractivity contribution is 7.89. The van der Waals surface area contributed by atoms with E-state index in [-0.39, 0.29) is 29.5 Å². The van der Waals surface area contributed by atoms with Crippen LogP contribution in [0.2, 0.25) is 0 Å². The maximum atomic E-state index is 13.1. The normalized spacial score (nSPS) is 15.7. The predicted molar refractivity (Wildman–Crippen MR) is 114 cm³/mol. The average Bonchev–Trinajstić information content (AvgIpc) is 3.23. The van der Waals surface area contributed by atoms with E-state index in [4.69, 9.17) is 4.42 Å². The SMILES string of the molecule is Cc1ccc([N+](=O)[O-])cc1S(=O)(=O)N1CCN(Cc2ncc(-c3ccc(F)cc3)o2)CC1. The minimum atomic E-state index is -3.85. The zero-order valence-corrected chi connectivity index (χ0v) is 18.1. The molecule has 1 fully saturated rings. The van der Waals surface area contributed by atoms with E-state index in [9.17, 15) is 22.9 Å². The zero-order chi connectivity index (χ0) is 22.9. The standard InChI is InChI=1S/C21H21FN4O5S/c1-15-2-7-18(26(27)28)12-20(15)32(29,30)25-10-8-24(9-11-25)14-21-23-13-19(31-21)16-3-5-17(22)6-4-16/h2-7,12-13H,8-11,14H2,1H3. The van der Waals surface area contributed by atoms with Crippen molar-refractivity contribution in [2.24, 2.45) is 0 Å². The number of halogens is 1. The molecule has 1 saturated heterocycles. The molecule has 0 saturated carbocycles. The number of non-ortho nitro benzene ring substituents is 1. The van der Waals surface area contributed by atoms with Crippen LogP contribution in [0.4, 0.5) is 10.1 Å². The number of oxazole rings is 1. The van der Waals surface area contributed by atoms with Crippen LogP contribution in [0.5, 0.6) is 0 Å². The van der Waals surface area contributed by atoms with Crippen molar-refractivity contribution >= 4 is 15.7 Å². The van der Waals surface area contributed by atoms with Crippen LogP contribution in [0, 0.1) is 22.9 Å². The van der Waals surface area contributed by atoms with Crippen LogP contribution in [0.25, 0.3) is 11.3 Å². The van der Waals surface area contributed by atoms with E-state index in [2.05, 4.69) is 4.98 Å². The van der Waals surface area contributed by atoms with Gasteiger partial charge in [-0.15, -0.1) is 0 Å². The van der Waals surface area contributed by atoms with Crippen LogP contribution in [0.1, 0.15) is 11.5 Å². The summed E-state index contributed by atoms with van der Waals surface area (Å²) in [5, 5.41) is 11.1. The van der Waals surface area contributed by atoms with Crippen molar-refractivity contribution in [2.45, 2.75) is 18.4 Å². The van der Waals surface area contributed by atoms with Crippen LogP contribution in [-0.2, 0) is 16.6 Å². The Morgan fingerprint density at radius 2 is 1.81 bits per heavy atom. The summed E-state index contributed by atoms with van der Waals surface area (Å²) in [6.45, 7) is 3.44. The quantitative estimate of drug-likeness (QED) is 0.410. The van der Waals surface area contributed by atoms with Gasteiger partial charge in [-0.05, 0) is 36.8 Å². The van der Waals surface area contributed by atoms with E-state index in [1.165, 1.54) is 28.6 Å². The van der Waals surface area contributed by atoms with E-state index >= 15 is 0 Å². The fraction of sp³-hybridized carbons (Fsp3) is 0.286. The number of rotatable bonds is 6. The third-order valence-electron chi connectivity index (χ3n) is 5.37. The summed E-state index contributed by atoms with van der Waals surface area (Å²) in [5.74, 6) is 0.680. The van der Waals surface area contributed by atoms with Crippen LogP contribution in [0.15, 0.2) is 58.0 Å². The highest BCUT2D eigenvalue weighted by atomic mass is 32.2. The van der Waals surface area contributed by atoms with Crippen molar-refractivity contribution in [3.63, 3.8) is 0 Å². The molecule has 32 heavy (non-hydrogen) atoms. The molecule has 0 atom stereocenters. The first-order valence-corrected chi connectivity index (χ1v) is 11.4. The highest BCUT2D eigenvalue weighted by Gasteiger charge is 2.31. The minimum Gasteiger partial charge on any atom is -0.439 e. The number of hydrogen-bond donors (Lipinski definition) is 0. The Morgan fingerprint density at radius 3 is 2.47 bits per heavy atom. The van der Waals surface area contributed by atoms with Crippen molar-refractivity contribution in [1.29, 1.82) is 0 Å². The van der Waals surface area contributed by atoms with Gasteiger partial charge in [0.1, 0.15) is 5.82 Å². The van der Waals surface area contributed by atoms with Crippen LogP contribution >= 0.6 is 0 Å². The zero-order valence-electron chi connectivity index (χ0n) is 17.3. The highest BCUT2D eigenvalue weighted by Crippen LogP contribution is 2.26. The number of benzene rings is 2. The van der Waals surface area contributed by atoms with Gasteiger partial charge in [0.05, 0.1) is 22.6 Å². The van der Waals surface area contributed by atoms with Crippen molar-refractivity contribution in [1.82, 2.24) is 14.2 Å². The lowest BCUT2D eigenvalue weighted by molar-refractivity contribution is -0.385. The number of nitrogens with zero attached hydrogens (tertiary/aromatic N) is 4. The molecule has 2 aromatic carbocycles. The predicted octanol–water partition coefficient (Wildman–Crippen LogP) is 3.20. The van der Waals surface area contributed by atoms with Crippen LogP contribution in [-0.4, -0.2) is 53.7 Å². The Labute approximate surface area is 184 Å². The van der Waals surface area contributed by atoms with Gasteiger partial charge in [0.25, 0.3) is 5.69 Å². The number of hydrogen-bond acceptors (Lipinski definition) is 7. The molecular weight excluding hydrogens is 439 g/mol. The van der Waals surface area contributed by atoms with Crippen molar-refractivity contribution < 1.29 is 22.1 Å². The molecule has 0 unspecified atom stereocenters. The van der Waals surface area contributed by atoms with Crippen molar-refractivity contribution in [2.75, 3.05) is 26.2 Å². The van der Waals surface area contributed by atoms with E-state index in [1.54, 1.807) is 25.3 Å². The molecule has 0 spiro atoms. The summed E-state index contributed by atoms with van der Waals surface area (Å²) in [7, 11) is -3.85. The maximum Gasteiger partial charge on any atom is 0.270 e. The molecule has 0 amide bonds. The van der Waals surface area contributed by atoms with E-state index in [0.717, 1.165) is 6.07 Å². The largest absolute Gasteiger partial charge is 0.439 e. The fourth-order valence-corrected chi connectivity index (χ4v) is 5.24. The molecule has 1 aromatic heterocycles. The molecule has 1 aliphatic heterocycles. The van der Waals surface area contributed by atoms with Gasteiger partial charge in [0.15, 0.2) is 5.76 Å². The molecule has 1 aliphatic rings. The van der Waals surface area contributed by atoms with Gasteiger partial charge >= 0.3 is 0 Å². The maximum absolute atomic E-state index is 13.1. The number of piperazine rings is 1. The Balaban J connectivity index is 1.41. The van der Waals surface area contributed by atoms with Gasteiger partial charge in [-0.3, -0.25) is 15.0 Å². The van der Waals surface area contributed by atoms with Crippen molar-refractivity contribution in [3.05, 3.63) is 76.0 Å². The number of nitro groups is 1. The van der Waals surface area contributed by atoms with Gasteiger partial charge < -0.3 is 4.42 Å². The summed E-state index contributed by atoms with van der Waals surface area (Å²) in [6.07, 6.45) is 1.58. The topological polar surface area (TPSA) is 110 Å². The first-order chi connectivity index (χ1) is 15.2. The minimum absolute atomic E-state index is 0.0446. The monoisotopic (exact) mass is 460 g/mol. The molecule has 0 N–H and O–H groups in total. The van der Waals surface area contributed by atoms with Crippen LogP contribution < -0.4 is 0 Å². The summed E-state index contributed by atoms with van der Waals surface area (Å²) < 4.78 is 46.3. The number of aromatic nitrogens is 1. The Bertz CT molecular complexity index is 1240. The third kappa shape index (κ3) is 4.54. The smallest absolute Gasteiger partial charge is 0.270 e. The van der Waals surface area contributed by atoms with Gasteiger partial charge in [-0.25, -0.2) is 17.8 Å². The summed E-state index contributed by atoms with van der Waals surface area (Å²) >= 11 is 0. The lowest BCUT2D eigenvalue weighted by atomic mass is 10.2. The molecule has 4 rings (SSSR count). The lowest BCUT2D eigenvalue weighted by Gasteiger charge is -2.33. The molecule has 2 heterocycles. The average molecular weight is 460 g/mol. The lowest BCUT2D eigenvalue weighted by Crippen LogP contribution is -2.48. The van der Waals surface area contributed by atoms with Gasteiger partial charge in [0.2, 0.25) is 15.9 Å². The van der Waals surface area contributed by atoms with E-state index in [1.807, 2.05) is 4.90 Å². The molecule has 168 valence electrons. The summed E-state index contributed by atoms with van der Waals surface area (Å²) in [4.78, 5) is 16.7. The number of nitro benzene ring substituents is 1. The molecule has 0 bridgehead atoms. The van der Waals surface area contributed by atoms with Crippen LogP contribution in [0.3, 0.4) is 0 Å². The first kappa shape index (κ1) is 22.1. The molecule has 9 nitrogen and oxygen atoms in total. The first-order valence-electron chi connectivity index (χ1n) is 9.92. The second-order valence-corrected chi connectivity index (χ2v) is 9.42. The Kier molecular flexibility index (Phi) is 6.04. The Hall–Kier alpha value is -3.15. The molecule has 11 heteroatoms. The molecule has 0 radical (unpaired) electrons.